The minimum Gasteiger partial charge on any atom is -0.482 e. The summed E-state index contributed by atoms with van der Waals surface area (Å²) in [5.41, 5.74) is 0. The minimum atomic E-state index is 0.499. The highest BCUT2D eigenvalue weighted by Gasteiger charge is 1.90. The van der Waals surface area contributed by atoms with E-state index in [1.165, 1.54) is 0 Å². The number of rotatable bonds is 2. The molecule has 0 unspecified atom stereocenters. The van der Waals surface area contributed by atoms with Gasteiger partial charge in [-0.1, -0.05) is 18.2 Å². The molecule has 0 radical (unpaired) electrons. The monoisotopic (exact) mass is 165 g/mol. The van der Waals surface area contributed by atoms with Crippen molar-refractivity contribution in [1.29, 1.82) is 0 Å². The third kappa shape index (κ3) is 2.62. The Kier molecular flexibility index (Phi) is 3.14. The van der Waals surface area contributed by atoms with E-state index >= 15 is 0 Å². The van der Waals surface area contributed by atoms with Crippen molar-refractivity contribution in [2.75, 3.05) is 7.11 Å². The smallest absolute Gasteiger partial charge is 0.222 e. The molecular weight excluding hydrogens is 154 g/mol. The van der Waals surface area contributed by atoms with Crippen molar-refractivity contribution in [2.45, 2.75) is 6.92 Å². The number of para-hydroxylation sites is 1. The third-order valence-corrected chi connectivity index (χ3v) is 1.32. The number of benzene rings is 1. The van der Waals surface area contributed by atoms with Gasteiger partial charge < -0.3 is 9.57 Å². The first kappa shape index (κ1) is 8.59. The van der Waals surface area contributed by atoms with Crippen LogP contribution < -0.4 is 4.84 Å². The topological polar surface area (TPSA) is 30.8 Å². The van der Waals surface area contributed by atoms with Crippen LogP contribution in [-0.4, -0.2) is 13.0 Å². The van der Waals surface area contributed by atoms with E-state index in [1.807, 2.05) is 30.3 Å². The van der Waals surface area contributed by atoms with Crippen molar-refractivity contribution in [2.24, 2.45) is 5.16 Å². The quantitative estimate of drug-likeness (QED) is 0.381. The number of hydrogen-bond donors (Lipinski definition) is 0. The molecule has 3 nitrogen and oxygen atoms in total. The van der Waals surface area contributed by atoms with Crippen LogP contribution in [0.2, 0.25) is 0 Å². The fourth-order valence-electron chi connectivity index (χ4n) is 0.636. The maximum absolute atomic E-state index is 5.02. The molecule has 0 N–H and O–H groups in total. The zero-order valence-corrected chi connectivity index (χ0v) is 7.15. The molecule has 0 saturated carbocycles. The molecule has 0 saturated heterocycles. The van der Waals surface area contributed by atoms with Gasteiger partial charge in [-0.15, -0.1) is 0 Å². The van der Waals surface area contributed by atoms with Crippen molar-refractivity contribution < 1.29 is 9.57 Å². The summed E-state index contributed by atoms with van der Waals surface area (Å²) in [6.45, 7) is 1.73. The number of hydrogen-bond acceptors (Lipinski definition) is 3. The van der Waals surface area contributed by atoms with Crippen molar-refractivity contribution >= 4 is 5.90 Å². The fraction of sp³-hybridized carbons (Fsp3) is 0.222. The summed E-state index contributed by atoms with van der Waals surface area (Å²) in [4.78, 5) is 5.02. The lowest BCUT2D eigenvalue weighted by atomic mass is 10.3. The molecule has 1 aromatic rings. The molecule has 0 aliphatic heterocycles. The summed E-state index contributed by atoms with van der Waals surface area (Å²) in [6.07, 6.45) is 0. The lowest BCUT2D eigenvalue weighted by Gasteiger charge is -1.98. The molecule has 0 fully saturated rings. The van der Waals surface area contributed by atoms with E-state index in [0.717, 1.165) is 0 Å². The number of nitrogens with zero attached hydrogens (tertiary/aromatic N) is 1. The van der Waals surface area contributed by atoms with E-state index in [4.69, 9.17) is 9.57 Å². The van der Waals surface area contributed by atoms with Gasteiger partial charge in [-0.3, -0.25) is 0 Å². The number of ether oxygens (including phenoxy) is 1. The van der Waals surface area contributed by atoms with Crippen LogP contribution in [0, 0.1) is 0 Å². The van der Waals surface area contributed by atoms with E-state index < -0.39 is 0 Å². The zero-order valence-electron chi connectivity index (χ0n) is 7.15. The summed E-state index contributed by atoms with van der Waals surface area (Å²) < 4.78 is 4.80. The molecule has 0 aromatic heterocycles. The Morgan fingerprint density at radius 3 is 2.50 bits per heavy atom. The molecule has 64 valence electrons. The predicted molar refractivity (Wildman–Crippen MR) is 47.2 cm³/mol. The Balaban J connectivity index is 2.54. The Labute approximate surface area is 71.6 Å². The van der Waals surface area contributed by atoms with Crippen LogP contribution in [0.3, 0.4) is 0 Å². The standard InChI is InChI=1S/C9H11NO2/c1-8(11-2)10-12-9-6-4-3-5-7-9/h3-7H,1-2H3/b10-8-. The average Bonchev–Trinajstić information content (AvgIpc) is 2.16. The largest absolute Gasteiger partial charge is 0.482 e. The van der Waals surface area contributed by atoms with Gasteiger partial charge in [-0.25, -0.2) is 0 Å². The number of oxime groups is 1. The predicted octanol–water partition coefficient (Wildman–Crippen LogP) is 2.05. The van der Waals surface area contributed by atoms with Crippen LogP contribution in [0.1, 0.15) is 6.92 Å². The summed E-state index contributed by atoms with van der Waals surface area (Å²) in [5.74, 6) is 1.20. The Morgan fingerprint density at radius 1 is 1.25 bits per heavy atom. The van der Waals surface area contributed by atoms with Crippen LogP contribution in [0.25, 0.3) is 0 Å². The molecule has 0 bridgehead atoms. The van der Waals surface area contributed by atoms with E-state index in [0.29, 0.717) is 11.6 Å². The lowest BCUT2D eigenvalue weighted by Crippen LogP contribution is -1.96. The molecule has 12 heavy (non-hydrogen) atoms. The summed E-state index contributed by atoms with van der Waals surface area (Å²) in [5, 5.41) is 3.71. The molecular formula is C9H11NO2. The first-order chi connectivity index (χ1) is 5.83. The summed E-state index contributed by atoms with van der Waals surface area (Å²) >= 11 is 0. The van der Waals surface area contributed by atoms with Crippen LogP contribution in [0.15, 0.2) is 35.5 Å². The van der Waals surface area contributed by atoms with Crippen LogP contribution in [0.5, 0.6) is 5.75 Å². The highest BCUT2D eigenvalue weighted by atomic mass is 16.6. The van der Waals surface area contributed by atoms with Gasteiger partial charge in [0.05, 0.1) is 7.11 Å². The van der Waals surface area contributed by atoms with E-state index in [2.05, 4.69) is 5.16 Å². The lowest BCUT2D eigenvalue weighted by molar-refractivity contribution is 0.304. The van der Waals surface area contributed by atoms with Crippen LogP contribution in [0.4, 0.5) is 0 Å². The molecule has 0 aliphatic carbocycles. The molecule has 0 spiro atoms. The normalized spacial score (nSPS) is 11.0. The van der Waals surface area contributed by atoms with E-state index in [-0.39, 0.29) is 0 Å². The van der Waals surface area contributed by atoms with E-state index in [1.54, 1.807) is 14.0 Å². The van der Waals surface area contributed by atoms with Gasteiger partial charge >= 0.3 is 0 Å². The van der Waals surface area contributed by atoms with Gasteiger partial charge in [0.2, 0.25) is 5.90 Å². The maximum atomic E-state index is 5.02. The van der Waals surface area contributed by atoms with Crippen LogP contribution >= 0.6 is 0 Å². The second kappa shape index (κ2) is 4.38. The molecule has 3 heteroatoms. The van der Waals surface area contributed by atoms with Gasteiger partial charge in [-0.2, -0.15) is 0 Å². The highest BCUT2D eigenvalue weighted by molar-refractivity contribution is 5.72. The van der Waals surface area contributed by atoms with Crippen molar-refractivity contribution in [3.05, 3.63) is 30.3 Å². The second-order valence-corrected chi connectivity index (χ2v) is 2.22. The zero-order chi connectivity index (χ0) is 8.81. The molecule has 1 rings (SSSR count). The molecule has 0 amide bonds. The first-order valence-electron chi connectivity index (χ1n) is 3.63. The molecule has 0 atom stereocenters. The Morgan fingerprint density at radius 2 is 1.92 bits per heavy atom. The molecule has 1 aromatic carbocycles. The van der Waals surface area contributed by atoms with Crippen molar-refractivity contribution in [3.63, 3.8) is 0 Å². The van der Waals surface area contributed by atoms with Crippen molar-refractivity contribution in [1.82, 2.24) is 0 Å². The SMILES string of the molecule is CO/C(C)=N\Oc1ccccc1. The summed E-state index contributed by atoms with van der Waals surface area (Å²) in [7, 11) is 1.55. The maximum Gasteiger partial charge on any atom is 0.222 e. The van der Waals surface area contributed by atoms with Gasteiger partial charge in [-0.05, 0) is 17.3 Å². The number of methoxy groups -OCH3 is 1. The highest BCUT2D eigenvalue weighted by Crippen LogP contribution is 2.08. The van der Waals surface area contributed by atoms with Gasteiger partial charge in [0.25, 0.3) is 0 Å². The van der Waals surface area contributed by atoms with Crippen molar-refractivity contribution in [3.8, 4) is 5.75 Å². The van der Waals surface area contributed by atoms with Gasteiger partial charge in [0.15, 0.2) is 5.75 Å². The van der Waals surface area contributed by atoms with Crippen LogP contribution in [-0.2, 0) is 4.74 Å². The Hall–Kier alpha value is -1.51. The first-order valence-corrected chi connectivity index (χ1v) is 3.63. The second-order valence-electron chi connectivity index (χ2n) is 2.22. The third-order valence-electron chi connectivity index (χ3n) is 1.32. The molecule has 0 aliphatic rings. The average molecular weight is 165 g/mol. The minimum absolute atomic E-state index is 0.499. The fourth-order valence-corrected chi connectivity index (χ4v) is 0.636. The van der Waals surface area contributed by atoms with E-state index in [9.17, 15) is 0 Å². The van der Waals surface area contributed by atoms with Gasteiger partial charge in [0.1, 0.15) is 0 Å². The van der Waals surface area contributed by atoms with Gasteiger partial charge in [0, 0.05) is 6.92 Å². The summed E-state index contributed by atoms with van der Waals surface area (Å²) in [6, 6.07) is 9.33. The molecule has 0 heterocycles. The Bertz CT molecular complexity index is 256.